The van der Waals surface area contributed by atoms with Crippen molar-refractivity contribution in [3.05, 3.63) is 11.6 Å². The van der Waals surface area contributed by atoms with Crippen LogP contribution in [0.3, 0.4) is 0 Å². The van der Waals surface area contributed by atoms with Gasteiger partial charge in [-0.3, -0.25) is 0 Å². The Morgan fingerprint density at radius 2 is 1.88 bits per heavy atom. The Morgan fingerprint density at radius 3 is 2.64 bits per heavy atom. The van der Waals surface area contributed by atoms with Crippen molar-refractivity contribution in [1.82, 2.24) is 0 Å². The van der Waals surface area contributed by atoms with E-state index in [9.17, 15) is 30.3 Å². The van der Waals surface area contributed by atoms with Crippen molar-refractivity contribution in [2.24, 2.45) is 28.6 Å². The summed E-state index contributed by atoms with van der Waals surface area (Å²) in [5, 5.41) is 55.7. The van der Waals surface area contributed by atoms with Crippen molar-refractivity contribution in [1.29, 1.82) is 0 Å². The third kappa shape index (κ3) is 3.46. The number of aliphatic hydroxyl groups is 5. The summed E-state index contributed by atoms with van der Waals surface area (Å²) in [5.41, 5.74) is -2.25. The van der Waals surface area contributed by atoms with E-state index in [0.29, 0.717) is 45.1 Å². The van der Waals surface area contributed by atoms with Crippen LogP contribution in [0.25, 0.3) is 0 Å². The maximum atomic E-state index is 12.6. The number of esters is 1. The van der Waals surface area contributed by atoms with Gasteiger partial charge in [-0.2, -0.15) is 0 Å². The molecule has 4 saturated carbocycles. The lowest BCUT2D eigenvalue weighted by Crippen LogP contribution is -2.82. The summed E-state index contributed by atoms with van der Waals surface area (Å²) in [6.07, 6.45) is -2.13. The summed E-state index contributed by atoms with van der Waals surface area (Å²) in [6.45, 7) is 4.25. The fourth-order valence-electron chi connectivity index (χ4n) is 11.0. The Kier molecular flexibility index (Phi) is 6.22. The van der Waals surface area contributed by atoms with Crippen LogP contribution in [0.15, 0.2) is 11.6 Å². The van der Waals surface area contributed by atoms with Gasteiger partial charge in [0.05, 0.1) is 23.9 Å². The van der Waals surface area contributed by atoms with Crippen molar-refractivity contribution in [3.8, 4) is 0 Å². The van der Waals surface area contributed by atoms with E-state index in [0.717, 1.165) is 12.0 Å². The zero-order valence-electron chi connectivity index (χ0n) is 24.0. The van der Waals surface area contributed by atoms with Gasteiger partial charge in [-0.1, -0.05) is 6.92 Å². The molecule has 15 atom stereocenters. The predicted octanol–water partition coefficient (Wildman–Crippen LogP) is -0.430. The smallest absolute Gasteiger partial charge is 0.331 e. The molecule has 1 radical (unpaired) electrons. The second-order valence-corrected chi connectivity index (χ2v) is 14.5. The molecule has 0 aromatic carbocycles. The minimum Gasteiger partial charge on any atom is -0.566 e. The molecule has 5 N–H and O–H groups in total. The molecule has 0 aromatic heterocycles. The first-order valence-electron chi connectivity index (χ1n) is 15.5. The fraction of sp³-hybridized carbons (Fsp3) is 0.897. The minimum atomic E-state index is -1.42. The number of carbonyl (C=O) groups excluding carboxylic acids is 1. The summed E-state index contributed by atoms with van der Waals surface area (Å²) in [4.78, 5) is 11.9. The number of cyclic esters (lactones) is 1. The minimum absolute atomic E-state index is 0.0563. The van der Waals surface area contributed by atoms with Gasteiger partial charge in [0.2, 0.25) is 0 Å². The number of ether oxygens (including phenoxy) is 3. The van der Waals surface area contributed by atoms with Gasteiger partial charge in [0, 0.05) is 41.1 Å². The van der Waals surface area contributed by atoms with Crippen LogP contribution in [0.5, 0.6) is 0 Å². The highest BCUT2D eigenvalue weighted by atomic mass is 16.8. The Balaban J connectivity index is 1.11. The fourth-order valence-corrected chi connectivity index (χ4v) is 11.0. The van der Waals surface area contributed by atoms with E-state index in [1.807, 2.05) is 0 Å². The van der Waals surface area contributed by atoms with Crippen LogP contribution in [-0.4, -0.2) is 112 Å². The second kappa shape index (κ2) is 9.21. The lowest BCUT2D eigenvalue weighted by atomic mass is 9.39. The normalized spacial score (nSPS) is 58.6. The molecule has 13 heteroatoms. The number of hydrogen-bond donors (Lipinski definition) is 5. The Hall–Kier alpha value is -1.13. The number of fused-ring (bicyclic) bond motifs is 4. The van der Waals surface area contributed by atoms with E-state index < -0.39 is 78.4 Å². The highest BCUT2D eigenvalue weighted by molar-refractivity contribution is 6.37. The van der Waals surface area contributed by atoms with E-state index in [4.69, 9.17) is 28.2 Å². The van der Waals surface area contributed by atoms with E-state index in [-0.39, 0.29) is 30.3 Å². The third-order valence-electron chi connectivity index (χ3n) is 12.9. The van der Waals surface area contributed by atoms with Crippen molar-refractivity contribution >= 4 is 13.3 Å². The predicted molar refractivity (Wildman–Crippen MR) is 141 cm³/mol. The Labute approximate surface area is 244 Å². The van der Waals surface area contributed by atoms with Crippen LogP contribution < -0.4 is 0 Å². The zero-order chi connectivity index (χ0) is 29.4. The van der Waals surface area contributed by atoms with Gasteiger partial charge in [-0.15, -0.1) is 0 Å². The molecule has 4 aliphatic carbocycles. The van der Waals surface area contributed by atoms with Gasteiger partial charge in [-0.05, 0) is 69.3 Å². The molecule has 9 aliphatic rings. The average Bonchev–Trinajstić information content (AvgIpc) is 3.49. The molecular formula is C29H41BO12-. The van der Waals surface area contributed by atoms with Gasteiger partial charge in [-0.25, -0.2) is 4.79 Å². The van der Waals surface area contributed by atoms with Crippen LogP contribution in [0.2, 0.25) is 0 Å². The average molecular weight is 592 g/mol. The highest BCUT2D eigenvalue weighted by Gasteiger charge is 2.77. The maximum absolute atomic E-state index is 12.6. The largest absolute Gasteiger partial charge is 0.566 e. The van der Waals surface area contributed by atoms with E-state index in [1.165, 1.54) is 0 Å². The molecule has 4 bridgehead atoms. The summed E-state index contributed by atoms with van der Waals surface area (Å²) < 4.78 is 36.1. The van der Waals surface area contributed by atoms with Gasteiger partial charge in [0.25, 0.3) is 0 Å². The quantitative estimate of drug-likeness (QED) is 0.163. The first-order chi connectivity index (χ1) is 19.9. The first-order valence-corrected chi connectivity index (χ1v) is 15.5. The standard InChI is InChI=1S/C29H41BO12/c1-13-22(33)23(34)24(35)25(39-13)40-15-8-19-28-12-38-30(41-19)42-27(28,9-15)5-3-17-21(28)18(31)10-26(2)16(4-6-29(17,26)36)14-7-20(32)37-11-14/h7,13,15-19,21-25,31,33-36H,3-6,8-12H2,1-2H3/q-1/t13-,15-,16+,17+,18+,19+,21+,22-,23+,24+,25-,26+,27-,28+,29-/m0/s1. The summed E-state index contributed by atoms with van der Waals surface area (Å²) in [7, 11) is -0.820. The molecule has 5 aliphatic heterocycles. The zero-order valence-corrected chi connectivity index (χ0v) is 24.0. The van der Waals surface area contributed by atoms with Crippen molar-refractivity contribution in [3.63, 3.8) is 0 Å². The molecule has 12 nitrogen and oxygen atoms in total. The summed E-state index contributed by atoms with van der Waals surface area (Å²) in [5.74, 6) is -0.981. The van der Waals surface area contributed by atoms with Crippen LogP contribution in [-0.2, 0) is 33.0 Å². The lowest BCUT2D eigenvalue weighted by Gasteiger charge is -2.78. The molecule has 8 fully saturated rings. The second-order valence-electron chi connectivity index (χ2n) is 14.5. The molecule has 9 rings (SSSR count). The topological polar surface area (TPSA) is 174 Å². The van der Waals surface area contributed by atoms with Crippen molar-refractivity contribution in [2.45, 2.75) is 119 Å². The van der Waals surface area contributed by atoms with Gasteiger partial charge in [0.1, 0.15) is 24.9 Å². The molecule has 233 valence electrons. The van der Waals surface area contributed by atoms with E-state index >= 15 is 0 Å². The van der Waals surface area contributed by atoms with Gasteiger partial charge >= 0.3 is 13.3 Å². The number of hydrogen-bond acceptors (Lipinski definition) is 12. The number of aliphatic hydroxyl groups excluding tert-OH is 4. The first kappa shape index (κ1) is 28.4. The number of carbonyl (C=O) groups is 1. The third-order valence-corrected chi connectivity index (χ3v) is 12.9. The van der Waals surface area contributed by atoms with E-state index in [1.54, 1.807) is 13.0 Å². The Morgan fingerprint density at radius 1 is 1.07 bits per heavy atom. The molecule has 0 unspecified atom stereocenters. The van der Waals surface area contributed by atoms with Crippen LogP contribution in [0.4, 0.5) is 0 Å². The maximum Gasteiger partial charge on any atom is 0.331 e. The van der Waals surface area contributed by atoms with Crippen LogP contribution >= 0.6 is 0 Å². The van der Waals surface area contributed by atoms with Gasteiger partial charge in [0.15, 0.2) is 6.29 Å². The van der Waals surface area contributed by atoms with Gasteiger partial charge < -0.3 is 53.7 Å². The molecule has 5 heterocycles. The molecule has 0 aromatic rings. The summed E-state index contributed by atoms with van der Waals surface area (Å²) in [6, 6.07) is 0. The molecule has 4 saturated heterocycles. The number of rotatable bonds is 3. The Bertz CT molecular complexity index is 1190. The lowest BCUT2D eigenvalue weighted by molar-refractivity contribution is -0.370. The molecule has 42 heavy (non-hydrogen) atoms. The van der Waals surface area contributed by atoms with Crippen molar-refractivity contribution < 1.29 is 58.5 Å². The summed E-state index contributed by atoms with van der Waals surface area (Å²) >= 11 is 0. The molecule has 1 spiro atoms. The van der Waals surface area contributed by atoms with Crippen molar-refractivity contribution in [2.75, 3.05) is 13.2 Å². The van der Waals surface area contributed by atoms with Crippen LogP contribution in [0.1, 0.15) is 58.8 Å². The molecule has 0 amide bonds. The monoisotopic (exact) mass is 592 g/mol. The highest BCUT2D eigenvalue weighted by Crippen LogP contribution is 2.73. The molecular weight excluding hydrogens is 551 g/mol. The van der Waals surface area contributed by atoms with Crippen LogP contribution in [0, 0.1) is 28.6 Å². The van der Waals surface area contributed by atoms with E-state index in [2.05, 4.69) is 6.92 Å². The SMILES string of the molecule is C[C@@H]1O[C@@H](O[C@H]2C[C@H]3O[B-]4OC[C@]35[C@H]3[C@H](O)C[C@]6(C)[C@@H](C7=CC(=O)OC7)CC[C@]6(O)[C@@H]3CC[C@@]5(C2)O4)[C@H](O)[C@H](O)[C@H]1O.